The van der Waals surface area contributed by atoms with Crippen LogP contribution in [0.2, 0.25) is 0 Å². The quantitative estimate of drug-likeness (QED) is 0.501. The Labute approximate surface area is 68.9 Å². The first kappa shape index (κ1) is 7.28. The fourth-order valence-electron chi connectivity index (χ4n) is 0.726. The number of hydrogen-bond acceptors (Lipinski definition) is 1. The third-order valence-corrected chi connectivity index (χ3v) is 2.57. The van der Waals surface area contributed by atoms with E-state index in [-0.39, 0.29) is 3.61 Å². The Morgan fingerprint density at radius 3 is 2.67 bits per heavy atom. The van der Waals surface area contributed by atoms with Crippen molar-refractivity contribution in [2.24, 2.45) is 0 Å². The van der Waals surface area contributed by atoms with Crippen molar-refractivity contribution >= 4 is 22.6 Å². The Hall–Kier alpha value is 0.170. The summed E-state index contributed by atoms with van der Waals surface area (Å²) in [7, 11) is 1.73. The van der Waals surface area contributed by atoms with Gasteiger partial charge in [0.15, 0.2) is 0 Å². The molecule has 0 bridgehead atoms. The van der Waals surface area contributed by atoms with Gasteiger partial charge in [-0.3, -0.25) is 0 Å². The molecular formula is C7H9IO. The molecule has 1 unspecified atom stereocenters. The lowest BCUT2D eigenvalue weighted by atomic mass is 10.1. The standard InChI is InChI=1S/C7H9IO/c1-9-7(8)5-3-2-4-6-7/h2-5H,6H2,1H3. The summed E-state index contributed by atoms with van der Waals surface area (Å²) in [5.41, 5.74) is 0. The molecule has 2 heteroatoms. The Bertz CT molecular complexity index is 151. The molecule has 0 N–H and O–H groups in total. The molecule has 0 fully saturated rings. The molecule has 1 rings (SSSR count). The first-order valence-corrected chi connectivity index (χ1v) is 3.93. The minimum Gasteiger partial charge on any atom is -0.364 e. The summed E-state index contributed by atoms with van der Waals surface area (Å²) in [5.74, 6) is 0. The van der Waals surface area contributed by atoms with E-state index in [0.717, 1.165) is 6.42 Å². The van der Waals surface area contributed by atoms with Crippen molar-refractivity contribution in [3.8, 4) is 0 Å². The fourth-order valence-corrected chi connectivity index (χ4v) is 1.19. The van der Waals surface area contributed by atoms with Gasteiger partial charge in [-0.2, -0.15) is 0 Å². The molecule has 0 spiro atoms. The van der Waals surface area contributed by atoms with Gasteiger partial charge >= 0.3 is 0 Å². The van der Waals surface area contributed by atoms with E-state index in [4.69, 9.17) is 4.74 Å². The van der Waals surface area contributed by atoms with E-state index in [0.29, 0.717) is 0 Å². The highest BCUT2D eigenvalue weighted by atomic mass is 127. The summed E-state index contributed by atoms with van der Waals surface area (Å²) >= 11 is 2.29. The molecule has 0 aliphatic heterocycles. The van der Waals surface area contributed by atoms with Crippen LogP contribution in [0.3, 0.4) is 0 Å². The van der Waals surface area contributed by atoms with Crippen LogP contribution in [0.4, 0.5) is 0 Å². The maximum atomic E-state index is 5.23. The van der Waals surface area contributed by atoms with E-state index in [1.54, 1.807) is 7.11 Å². The Morgan fingerprint density at radius 1 is 1.56 bits per heavy atom. The van der Waals surface area contributed by atoms with E-state index in [2.05, 4.69) is 34.7 Å². The largest absolute Gasteiger partial charge is 0.364 e. The zero-order valence-electron chi connectivity index (χ0n) is 5.30. The van der Waals surface area contributed by atoms with Gasteiger partial charge in [0.1, 0.15) is 3.61 Å². The molecule has 0 amide bonds. The highest BCUT2D eigenvalue weighted by Gasteiger charge is 2.20. The second-order valence-corrected chi connectivity index (χ2v) is 3.81. The predicted molar refractivity (Wildman–Crippen MR) is 46.7 cm³/mol. The highest BCUT2D eigenvalue weighted by Crippen LogP contribution is 2.28. The lowest BCUT2D eigenvalue weighted by molar-refractivity contribution is 0.128. The van der Waals surface area contributed by atoms with Crippen molar-refractivity contribution in [3.05, 3.63) is 24.3 Å². The number of halogens is 1. The molecular weight excluding hydrogens is 227 g/mol. The predicted octanol–water partition coefficient (Wildman–Crippen LogP) is 2.28. The summed E-state index contributed by atoms with van der Waals surface area (Å²) in [6.07, 6.45) is 9.19. The van der Waals surface area contributed by atoms with E-state index in [1.807, 2.05) is 12.2 Å². The molecule has 0 aromatic heterocycles. The Kier molecular flexibility index (Phi) is 2.29. The summed E-state index contributed by atoms with van der Waals surface area (Å²) in [6, 6.07) is 0. The molecule has 0 aromatic carbocycles. The molecule has 0 saturated carbocycles. The van der Waals surface area contributed by atoms with E-state index in [9.17, 15) is 0 Å². The highest BCUT2D eigenvalue weighted by molar-refractivity contribution is 14.1. The number of allylic oxidation sites excluding steroid dienone is 2. The lowest BCUT2D eigenvalue weighted by Gasteiger charge is -2.21. The first-order chi connectivity index (χ1) is 4.27. The minimum absolute atomic E-state index is 0.0769. The van der Waals surface area contributed by atoms with Crippen molar-refractivity contribution in [2.45, 2.75) is 10.0 Å². The smallest absolute Gasteiger partial charge is 0.140 e. The van der Waals surface area contributed by atoms with Crippen molar-refractivity contribution < 1.29 is 4.74 Å². The fraction of sp³-hybridized carbons (Fsp3) is 0.429. The van der Waals surface area contributed by atoms with Crippen molar-refractivity contribution in [3.63, 3.8) is 0 Å². The molecule has 1 aliphatic carbocycles. The Balaban J connectivity index is 2.63. The third kappa shape index (κ3) is 1.79. The van der Waals surface area contributed by atoms with Crippen molar-refractivity contribution in [2.75, 3.05) is 7.11 Å². The monoisotopic (exact) mass is 236 g/mol. The molecule has 9 heavy (non-hydrogen) atoms. The van der Waals surface area contributed by atoms with Crippen LogP contribution in [0.5, 0.6) is 0 Å². The van der Waals surface area contributed by atoms with Gasteiger partial charge in [0, 0.05) is 13.5 Å². The first-order valence-electron chi connectivity index (χ1n) is 2.85. The van der Waals surface area contributed by atoms with Crippen LogP contribution in [0.25, 0.3) is 0 Å². The number of methoxy groups -OCH3 is 1. The zero-order chi connectivity index (χ0) is 6.74. The van der Waals surface area contributed by atoms with Crippen LogP contribution in [0, 0.1) is 0 Å². The Morgan fingerprint density at radius 2 is 2.33 bits per heavy atom. The van der Waals surface area contributed by atoms with Crippen LogP contribution in [-0.2, 0) is 4.74 Å². The van der Waals surface area contributed by atoms with Crippen LogP contribution in [-0.4, -0.2) is 10.7 Å². The average molecular weight is 236 g/mol. The zero-order valence-corrected chi connectivity index (χ0v) is 7.46. The van der Waals surface area contributed by atoms with Gasteiger partial charge in [-0.05, 0) is 28.7 Å². The summed E-state index contributed by atoms with van der Waals surface area (Å²) in [6.45, 7) is 0. The molecule has 1 nitrogen and oxygen atoms in total. The van der Waals surface area contributed by atoms with Gasteiger partial charge < -0.3 is 4.74 Å². The second-order valence-electron chi connectivity index (χ2n) is 1.98. The number of alkyl halides is 1. The molecule has 0 heterocycles. The van der Waals surface area contributed by atoms with Gasteiger partial charge in [0.05, 0.1) is 0 Å². The van der Waals surface area contributed by atoms with Crippen LogP contribution in [0.1, 0.15) is 6.42 Å². The molecule has 0 saturated heterocycles. The van der Waals surface area contributed by atoms with E-state index >= 15 is 0 Å². The maximum absolute atomic E-state index is 5.23. The van der Waals surface area contributed by atoms with Crippen molar-refractivity contribution in [1.29, 1.82) is 0 Å². The summed E-state index contributed by atoms with van der Waals surface area (Å²) < 4.78 is 5.15. The van der Waals surface area contributed by atoms with E-state index in [1.165, 1.54) is 0 Å². The van der Waals surface area contributed by atoms with E-state index < -0.39 is 0 Å². The van der Waals surface area contributed by atoms with Crippen LogP contribution >= 0.6 is 22.6 Å². The number of rotatable bonds is 1. The summed E-state index contributed by atoms with van der Waals surface area (Å²) in [5, 5.41) is 0. The van der Waals surface area contributed by atoms with Gasteiger partial charge in [0.25, 0.3) is 0 Å². The molecule has 50 valence electrons. The second kappa shape index (κ2) is 2.84. The normalized spacial score (nSPS) is 33.1. The molecule has 0 radical (unpaired) electrons. The average Bonchev–Trinajstić information content (AvgIpc) is 1.90. The maximum Gasteiger partial charge on any atom is 0.140 e. The van der Waals surface area contributed by atoms with Crippen LogP contribution < -0.4 is 0 Å². The summed E-state index contributed by atoms with van der Waals surface area (Å²) in [4.78, 5) is 0. The van der Waals surface area contributed by atoms with Gasteiger partial charge in [-0.15, -0.1) is 0 Å². The third-order valence-electron chi connectivity index (χ3n) is 1.33. The minimum atomic E-state index is -0.0769. The SMILES string of the molecule is COC1(I)C=CC=CC1. The number of ether oxygens (including phenoxy) is 1. The number of hydrogen-bond donors (Lipinski definition) is 0. The topological polar surface area (TPSA) is 9.23 Å². The van der Waals surface area contributed by atoms with Gasteiger partial charge in [-0.25, -0.2) is 0 Å². The van der Waals surface area contributed by atoms with Crippen molar-refractivity contribution in [1.82, 2.24) is 0 Å². The molecule has 0 aromatic rings. The van der Waals surface area contributed by atoms with Gasteiger partial charge in [-0.1, -0.05) is 18.2 Å². The van der Waals surface area contributed by atoms with Gasteiger partial charge in [0.2, 0.25) is 0 Å². The van der Waals surface area contributed by atoms with Crippen LogP contribution in [0.15, 0.2) is 24.3 Å². The molecule has 1 atom stereocenters. The molecule has 1 aliphatic rings. The lowest BCUT2D eigenvalue weighted by Crippen LogP contribution is -2.19.